The van der Waals surface area contributed by atoms with E-state index in [2.05, 4.69) is 15.6 Å². The number of aliphatic hydroxyl groups is 1. The average Bonchev–Trinajstić information content (AvgIpc) is 3.17. The largest absolute Gasteiger partial charge is 0.393 e. The molecule has 1 aromatic rings. The minimum Gasteiger partial charge on any atom is -0.393 e. The number of nitrogens with one attached hydrogen (secondary N) is 2. The van der Waals surface area contributed by atoms with Crippen LogP contribution in [0.15, 0.2) is 18.7 Å². The van der Waals surface area contributed by atoms with E-state index in [1.165, 1.54) is 0 Å². The van der Waals surface area contributed by atoms with Gasteiger partial charge < -0.3 is 20.3 Å². The molecule has 24 heavy (non-hydrogen) atoms. The Hall–Kier alpha value is -1.40. The number of hydrogen-bond acceptors (Lipinski definition) is 4. The van der Waals surface area contributed by atoms with Gasteiger partial charge in [-0.1, -0.05) is 0 Å². The molecule has 1 aliphatic heterocycles. The summed E-state index contributed by atoms with van der Waals surface area (Å²) >= 11 is 0. The van der Waals surface area contributed by atoms with Gasteiger partial charge in [-0.2, -0.15) is 0 Å². The first-order chi connectivity index (χ1) is 11.7. The van der Waals surface area contributed by atoms with Crippen LogP contribution in [0.4, 0.5) is 0 Å². The van der Waals surface area contributed by atoms with Crippen molar-refractivity contribution in [2.24, 2.45) is 17.3 Å². The summed E-state index contributed by atoms with van der Waals surface area (Å²) in [5, 5.41) is 16.5. The van der Waals surface area contributed by atoms with Gasteiger partial charge in [0.1, 0.15) is 0 Å². The molecular weight excluding hydrogens is 304 g/mol. The highest BCUT2D eigenvalue weighted by Gasteiger charge is 2.51. The molecule has 0 unspecified atom stereocenters. The zero-order valence-corrected chi connectivity index (χ0v) is 14.2. The van der Waals surface area contributed by atoms with Crippen LogP contribution in [-0.4, -0.2) is 45.8 Å². The number of aromatic nitrogens is 2. The lowest BCUT2D eigenvalue weighted by atomic mass is 9.71. The standard InChI is InChI=1S/C18H28N4O2/c23-15-9-14(10-15)16(13-1-5-19-6-2-13)21-17(24)18(3-4-18)11-22-8-7-20-12-22/h7-8,12-16,19,23H,1-6,9-11H2,(H,21,24)/t14?,15?,16-/m1/s1. The molecule has 2 aliphatic carbocycles. The molecule has 3 aliphatic rings. The third-order valence-electron chi connectivity index (χ3n) is 6.23. The predicted molar refractivity (Wildman–Crippen MR) is 90.1 cm³/mol. The Labute approximate surface area is 143 Å². The first-order valence-electron chi connectivity index (χ1n) is 9.32. The summed E-state index contributed by atoms with van der Waals surface area (Å²) in [4.78, 5) is 17.1. The van der Waals surface area contributed by atoms with Crippen molar-refractivity contribution in [2.75, 3.05) is 13.1 Å². The van der Waals surface area contributed by atoms with Crippen molar-refractivity contribution in [1.82, 2.24) is 20.2 Å². The van der Waals surface area contributed by atoms with E-state index in [0.717, 1.165) is 58.2 Å². The second-order valence-electron chi connectivity index (χ2n) is 7.99. The summed E-state index contributed by atoms with van der Waals surface area (Å²) in [5.74, 6) is 1.19. The summed E-state index contributed by atoms with van der Waals surface area (Å²) in [6, 6.07) is 0.225. The van der Waals surface area contributed by atoms with Crippen molar-refractivity contribution in [3.63, 3.8) is 0 Å². The van der Waals surface area contributed by atoms with Crippen LogP contribution in [0.2, 0.25) is 0 Å². The number of carbonyl (C=O) groups is 1. The smallest absolute Gasteiger partial charge is 0.228 e. The Morgan fingerprint density at radius 1 is 1.33 bits per heavy atom. The van der Waals surface area contributed by atoms with E-state index in [1.54, 1.807) is 12.5 Å². The number of amides is 1. The fraction of sp³-hybridized carbons (Fsp3) is 0.778. The number of imidazole rings is 1. The van der Waals surface area contributed by atoms with Crippen LogP contribution in [0.5, 0.6) is 0 Å². The van der Waals surface area contributed by atoms with E-state index < -0.39 is 0 Å². The molecule has 6 nitrogen and oxygen atoms in total. The van der Waals surface area contributed by atoms with Gasteiger partial charge in [0.05, 0.1) is 17.8 Å². The normalized spacial score (nSPS) is 30.4. The van der Waals surface area contributed by atoms with Crippen LogP contribution in [-0.2, 0) is 11.3 Å². The highest BCUT2D eigenvalue weighted by Crippen LogP contribution is 2.48. The van der Waals surface area contributed by atoms with Crippen LogP contribution in [0.3, 0.4) is 0 Å². The lowest BCUT2D eigenvalue weighted by Gasteiger charge is -2.43. The predicted octanol–water partition coefficient (Wildman–Crippen LogP) is 0.919. The molecular formula is C18H28N4O2. The molecule has 3 N–H and O–H groups in total. The fourth-order valence-electron chi connectivity index (χ4n) is 4.39. The van der Waals surface area contributed by atoms with E-state index in [4.69, 9.17) is 0 Å². The van der Waals surface area contributed by atoms with E-state index in [-0.39, 0.29) is 23.5 Å². The SMILES string of the molecule is O=C(N[C@H](C1CCNCC1)C1CC(O)C1)C1(Cn2ccnc2)CC1. The van der Waals surface area contributed by atoms with Crippen molar-refractivity contribution in [3.8, 4) is 0 Å². The second kappa shape index (κ2) is 6.48. The highest BCUT2D eigenvalue weighted by molar-refractivity contribution is 5.85. The average molecular weight is 332 g/mol. The van der Waals surface area contributed by atoms with Crippen LogP contribution < -0.4 is 10.6 Å². The molecule has 3 fully saturated rings. The Morgan fingerprint density at radius 2 is 2.08 bits per heavy atom. The van der Waals surface area contributed by atoms with Crippen LogP contribution >= 0.6 is 0 Å². The van der Waals surface area contributed by atoms with Crippen molar-refractivity contribution >= 4 is 5.91 Å². The van der Waals surface area contributed by atoms with Gasteiger partial charge in [-0.15, -0.1) is 0 Å². The van der Waals surface area contributed by atoms with Gasteiger partial charge in [0, 0.05) is 25.0 Å². The number of carbonyl (C=O) groups excluding carboxylic acids is 1. The lowest BCUT2D eigenvalue weighted by molar-refractivity contribution is -0.129. The first-order valence-corrected chi connectivity index (χ1v) is 9.32. The minimum atomic E-state index is -0.242. The Balaban J connectivity index is 1.42. The summed E-state index contributed by atoms with van der Waals surface area (Å²) in [6.07, 6.45) is 11.1. The summed E-state index contributed by atoms with van der Waals surface area (Å²) in [6.45, 7) is 2.80. The number of aliphatic hydroxyl groups excluding tert-OH is 1. The van der Waals surface area contributed by atoms with Crippen LogP contribution in [0, 0.1) is 17.3 Å². The molecule has 1 aromatic heterocycles. The maximum absolute atomic E-state index is 13.0. The van der Waals surface area contributed by atoms with Gasteiger partial charge in [-0.3, -0.25) is 4.79 Å². The van der Waals surface area contributed by atoms with Gasteiger partial charge in [0.2, 0.25) is 5.91 Å². The monoisotopic (exact) mass is 332 g/mol. The Morgan fingerprint density at radius 3 is 2.67 bits per heavy atom. The van der Waals surface area contributed by atoms with Gasteiger partial charge in [-0.05, 0) is 63.5 Å². The molecule has 0 aromatic carbocycles. The van der Waals surface area contributed by atoms with Gasteiger partial charge in [-0.25, -0.2) is 4.98 Å². The molecule has 1 amide bonds. The lowest BCUT2D eigenvalue weighted by Crippen LogP contribution is -2.54. The fourth-order valence-corrected chi connectivity index (χ4v) is 4.39. The molecule has 132 valence electrons. The van der Waals surface area contributed by atoms with E-state index in [0.29, 0.717) is 11.8 Å². The maximum Gasteiger partial charge on any atom is 0.228 e. The van der Waals surface area contributed by atoms with E-state index in [9.17, 15) is 9.90 Å². The third-order valence-corrected chi connectivity index (χ3v) is 6.23. The summed E-state index contributed by atoms with van der Waals surface area (Å²) in [5.41, 5.74) is -0.242. The molecule has 4 rings (SSSR count). The topological polar surface area (TPSA) is 79.2 Å². The molecule has 2 saturated carbocycles. The van der Waals surface area contributed by atoms with Gasteiger partial charge in [0.25, 0.3) is 0 Å². The Bertz CT molecular complexity index is 558. The van der Waals surface area contributed by atoms with Crippen LogP contribution in [0.25, 0.3) is 0 Å². The Kier molecular flexibility index (Phi) is 4.35. The second-order valence-corrected chi connectivity index (χ2v) is 7.99. The third kappa shape index (κ3) is 3.22. The highest BCUT2D eigenvalue weighted by atomic mass is 16.3. The quantitative estimate of drug-likeness (QED) is 0.724. The maximum atomic E-state index is 13.0. The zero-order chi connectivity index (χ0) is 16.6. The molecule has 0 spiro atoms. The van der Waals surface area contributed by atoms with Gasteiger partial charge in [0.15, 0.2) is 0 Å². The number of hydrogen-bond donors (Lipinski definition) is 3. The molecule has 0 radical (unpaired) electrons. The van der Waals surface area contributed by atoms with Crippen molar-refractivity contribution in [3.05, 3.63) is 18.7 Å². The van der Waals surface area contributed by atoms with E-state index >= 15 is 0 Å². The molecule has 0 bridgehead atoms. The van der Waals surface area contributed by atoms with Crippen molar-refractivity contribution in [1.29, 1.82) is 0 Å². The first kappa shape index (κ1) is 16.1. The molecule has 6 heteroatoms. The van der Waals surface area contributed by atoms with Gasteiger partial charge >= 0.3 is 0 Å². The number of rotatable bonds is 6. The van der Waals surface area contributed by atoms with E-state index in [1.807, 2.05) is 10.8 Å². The molecule has 2 heterocycles. The summed E-state index contributed by atoms with van der Waals surface area (Å²) < 4.78 is 2.01. The van der Waals surface area contributed by atoms with Crippen molar-refractivity contribution in [2.45, 2.75) is 57.2 Å². The number of piperidine rings is 1. The molecule has 1 saturated heterocycles. The number of nitrogens with zero attached hydrogens (tertiary/aromatic N) is 2. The zero-order valence-electron chi connectivity index (χ0n) is 14.2. The van der Waals surface area contributed by atoms with Crippen molar-refractivity contribution < 1.29 is 9.90 Å². The summed E-state index contributed by atoms with van der Waals surface area (Å²) in [7, 11) is 0. The minimum absolute atomic E-state index is 0.169. The molecule has 1 atom stereocenters. The van der Waals surface area contributed by atoms with Crippen LogP contribution in [0.1, 0.15) is 38.5 Å².